The number of halogens is 1. The molecule has 0 aliphatic heterocycles. The van der Waals surface area contributed by atoms with E-state index in [-0.39, 0.29) is 6.04 Å². The first-order valence-corrected chi connectivity index (χ1v) is 6.83. The van der Waals surface area contributed by atoms with Crippen molar-refractivity contribution in [2.45, 2.75) is 19.9 Å². The molecule has 0 aliphatic carbocycles. The van der Waals surface area contributed by atoms with Crippen LogP contribution in [0.3, 0.4) is 0 Å². The maximum atomic E-state index is 6.17. The van der Waals surface area contributed by atoms with Crippen LogP contribution < -0.4 is 16.0 Å². The Labute approximate surface area is 123 Å². The number of benzene rings is 1. The lowest BCUT2D eigenvalue weighted by Crippen LogP contribution is -2.29. The van der Waals surface area contributed by atoms with Crippen molar-refractivity contribution in [2.75, 3.05) is 6.61 Å². The molecule has 20 heavy (non-hydrogen) atoms. The van der Waals surface area contributed by atoms with Gasteiger partial charge in [-0.2, -0.15) is 0 Å². The van der Waals surface area contributed by atoms with Crippen molar-refractivity contribution in [1.29, 1.82) is 0 Å². The summed E-state index contributed by atoms with van der Waals surface area (Å²) in [4.78, 5) is 4.18. The standard InChI is InChI=1S/C15H18ClN3O/c1-3-20-13-6-12(8-18-9-13)15(19-17)11-5-4-10(2)14(16)7-11/h4-9,15,19H,3,17H2,1-2H3. The van der Waals surface area contributed by atoms with Crippen LogP contribution in [-0.2, 0) is 0 Å². The van der Waals surface area contributed by atoms with E-state index in [1.807, 2.05) is 38.1 Å². The summed E-state index contributed by atoms with van der Waals surface area (Å²) in [6.07, 6.45) is 3.45. The monoisotopic (exact) mass is 291 g/mol. The van der Waals surface area contributed by atoms with Crippen molar-refractivity contribution in [3.63, 3.8) is 0 Å². The molecule has 0 fully saturated rings. The second kappa shape index (κ2) is 6.70. The van der Waals surface area contributed by atoms with Crippen LogP contribution in [0.25, 0.3) is 0 Å². The van der Waals surface area contributed by atoms with Crippen molar-refractivity contribution in [1.82, 2.24) is 10.4 Å². The highest BCUT2D eigenvalue weighted by molar-refractivity contribution is 6.31. The molecule has 0 amide bonds. The fourth-order valence-electron chi connectivity index (χ4n) is 2.01. The molecule has 1 aromatic carbocycles. The number of hydrazine groups is 1. The second-order valence-corrected chi connectivity index (χ2v) is 4.90. The first-order valence-electron chi connectivity index (χ1n) is 6.45. The van der Waals surface area contributed by atoms with E-state index in [4.69, 9.17) is 22.2 Å². The minimum absolute atomic E-state index is 0.180. The molecule has 0 saturated carbocycles. The van der Waals surface area contributed by atoms with Crippen molar-refractivity contribution in [2.24, 2.45) is 5.84 Å². The Balaban J connectivity index is 2.36. The summed E-state index contributed by atoms with van der Waals surface area (Å²) in [6, 6.07) is 7.63. The van der Waals surface area contributed by atoms with Crippen molar-refractivity contribution >= 4 is 11.6 Å². The van der Waals surface area contributed by atoms with Gasteiger partial charge in [-0.05, 0) is 42.7 Å². The quantitative estimate of drug-likeness (QED) is 0.657. The summed E-state index contributed by atoms with van der Waals surface area (Å²) < 4.78 is 5.46. The van der Waals surface area contributed by atoms with Gasteiger partial charge in [-0.3, -0.25) is 10.8 Å². The topological polar surface area (TPSA) is 60.2 Å². The average molecular weight is 292 g/mol. The Bertz CT molecular complexity index is 589. The molecule has 1 atom stereocenters. The summed E-state index contributed by atoms with van der Waals surface area (Å²) in [7, 11) is 0. The number of pyridine rings is 1. The van der Waals surface area contributed by atoms with Crippen LogP contribution >= 0.6 is 11.6 Å². The van der Waals surface area contributed by atoms with Crippen LogP contribution in [0.1, 0.15) is 29.7 Å². The molecule has 2 rings (SSSR count). The summed E-state index contributed by atoms with van der Waals surface area (Å²) >= 11 is 6.17. The highest BCUT2D eigenvalue weighted by Crippen LogP contribution is 2.27. The Morgan fingerprint density at radius 2 is 2.10 bits per heavy atom. The van der Waals surface area contributed by atoms with Gasteiger partial charge in [0, 0.05) is 11.2 Å². The third-order valence-electron chi connectivity index (χ3n) is 3.07. The second-order valence-electron chi connectivity index (χ2n) is 4.50. The molecule has 1 aromatic heterocycles. The smallest absolute Gasteiger partial charge is 0.137 e. The normalized spacial score (nSPS) is 12.2. The lowest BCUT2D eigenvalue weighted by Gasteiger charge is -2.18. The molecule has 1 unspecified atom stereocenters. The van der Waals surface area contributed by atoms with Gasteiger partial charge < -0.3 is 4.74 Å². The predicted molar refractivity (Wildman–Crippen MR) is 80.8 cm³/mol. The SMILES string of the molecule is CCOc1cncc(C(NN)c2ccc(C)c(Cl)c2)c1. The van der Waals surface area contributed by atoms with Crippen LogP contribution in [0, 0.1) is 6.92 Å². The highest BCUT2D eigenvalue weighted by Gasteiger charge is 2.14. The van der Waals surface area contributed by atoms with E-state index in [2.05, 4.69) is 10.4 Å². The van der Waals surface area contributed by atoms with E-state index >= 15 is 0 Å². The van der Waals surface area contributed by atoms with E-state index < -0.39 is 0 Å². The number of nitrogens with one attached hydrogen (secondary N) is 1. The van der Waals surface area contributed by atoms with E-state index in [0.717, 1.165) is 27.5 Å². The zero-order chi connectivity index (χ0) is 14.5. The van der Waals surface area contributed by atoms with Crippen LogP contribution in [0.4, 0.5) is 0 Å². The lowest BCUT2D eigenvalue weighted by molar-refractivity contribution is 0.338. The molecule has 106 valence electrons. The zero-order valence-corrected chi connectivity index (χ0v) is 12.3. The number of hydrogen-bond donors (Lipinski definition) is 2. The molecule has 0 saturated heterocycles. The molecule has 3 N–H and O–H groups in total. The van der Waals surface area contributed by atoms with Gasteiger partial charge in [0.25, 0.3) is 0 Å². The number of nitrogens with two attached hydrogens (primary N) is 1. The average Bonchev–Trinajstić information content (AvgIpc) is 2.44. The molecule has 5 heteroatoms. The minimum Gasteiger partial charge on any atom is -0.492 e. The van der Waals surface area contributed by atoms with Gasteiger partial charge >= 0.3 is 0 Å². The molecule has 2 aromatic rings. The van der Waals surface area contributed by atoms with Crippen molar-refractivity contribution in [3.05, 3.63) is 58.4 Å². The molecular formula is C15H18ClN3O. The molecular weight excluding hydrogens is 274 g/mol. The van der Waals surface area contributed by atoms with Crippen molar-refractivity contribution in [3.8, 4) is 5.75 Å². The van der Waals surface area contributed by atoms with Gasteiger partial charge in [-0.25, -0.2) is 5.43 Å². The number of ether oxygens (including phenoxy) is 1. The van der Waals surface area contributed by atoms with Crippen LogP contribution in [-0.4, -0.2) is 11.6 Å². The number of aromatic nitrogens is 1. The fourth-order valence-corrected chi connectivity index (χ4v) is 2.20. The predicted octanol–water partition coefficient (Wildman–Crippen LogP) is 2.99. The summed E-state index contributed by atoms with van der Waals surface area (Å²) in [5.41, 5.74) is 5.74. The van der Waals surface area contributed by atoms with Crippen LogP contribution in [0.2, 0.25) is 5.02 Å². The maximum absolute atomic E-state index is 6.17. The number of rotatable bonds is 5. The largest absolute Gasteiger partial charge is 0.492 e. The molecule has 0 bridgehead atoms. The summed E-state index contributed by atoms with van der Waals surface area (Å²) in [6.45, 7) is 4.50. The first-order chi connectivity index (χ1) is 9.65. The lowest BCUT2D eigenvalue weighted by atomic mass is 9.99. The van der Waals surface area contributed by atoms with Gasteiger partial charge in [0.15, 0.2) is 0 Å². The van der Waals surface area contributed by atoms with Gasteiger partial charge in [-0.1, -0.05) is 23.7 Å². The Kier molecular flexibility index (Phi) is 4.95. The number of nitrogens with zero attached hydrogens (tertiary/aromatic N) is 1. The third kappa shape index (κ3) is 3.28. The van der Waals surface area contributed by atoms with Crippen LogP contribution in [0.15, 0.2) is 36.7 Å². The summed E-state index contributed by atoms with van der Waals surface area (Å²) in [5, 5.41) is 0.719. The maximum Gasteiger partial charge on any atom is 0.137 e. The van der Waals surface area contributed by atoms with E-state index in [9.17, 15) is 0 Å². The molecule has 4 nitrogen and oxygen atoms in total. The Morgan fingerprint density at radius 1 is 1.30 bits per heavy atom. The molecule has 0 spiro atoms. The molecule has 0 aliphatic rings. The Hall–Kier alpha value is -1.62. The fraction of sp³-hybridized carbons (Fsp3) is 0.267. The molecule has 0 radical (unpaired) electrons. The van der Waals surface area contributed by atoms with Crippen molar-refractivity contribution < 1.29 is 4.74 Å². The van der Waals surface area contributed by atoms with Gasteiger partial charge in [0.1, 0.15) is 5.75 Å². The van der Waals surface area contributed by atoms with Crippen LogP contribution in [0.5, 0.6) is 5.75 Å². The molecule has 1 heterocycles. The number of hydrogen-bond acceptors (Lipinski definition) is 4. The summed E-state index contributed by atoms with van der Waals surface area (Å²) in [5.74, 6) is 6.41. The highest BCUT2D eigenvalue weighted by atomic mass is 35.5. The Morgan fingerprint density at radius 3 is 2.75 bits per heavy atom. The zero-order valence-electron chi connectivity index (χ0n) is 11.6. The van der Waals surface area contributed by atoms with E-state index in [1.165, 1.54) is 0 Å². The van der Waals surface area contributed by atoms with E-state index in [0.29, 0.717) is 6.61 Å². The third-order valence-corrected chi connectivity index (χ3v) is 3.48. The number of aryl methyl sites for hydroxylation is 1. The minimum atomic E-state index is -0.180. The first kappa shape index (κ1) is 14.8. The van der Waals surface area contributed by atoms with Gasteiger partial charge in [0.05, 0.1) is 18.8 Å². The van der Waals surface area contributed by atoms with Gasteiger partial charge in [-0.15, -0.1) is 0 Å². The van der Waals surface area contributed by atoms with E-state index in [1.54, 1.807) is 12.4 Å². The van der Waals surface area contributed by atoms with Gasteiger partial charge in [0.2, 0.25) is 0 Å².